The molecule has 1 unspecified atom stereocenters. The lowest BCUT2D eigenvalue weighted by molar-refractivity contribution is -0.135. The molecule has 6 nitrogen and oxygen atoms in total. The Kier molecular flexibility index (Phi) is 5.60. The average Bonchev–Trinajstić information content (AvgIpc) is 2.34. The quantitative estimate of drug-likeness (QED) is 0.787. The van der Waals surface area contributed by atoms with E-state index in [-0.39, 0.29) is 11.8 Å². The lowest BCUT2D eigenvalue weighted by Gasteiger charge is -2.30. The maximum atomic E-state index is 12.1. The van der Waals surface area contributed by atoms with E-state index in [1.165, 1.54) is 0 Å². The Morgan fingerprint density at radius 1 is 1.32 bits per heavy atom. The summed E-state index contributed by atoms with van der Waals surface area (Å²) in [6, 6.07) is 0. The van der Waals surface area contributed by atoms with Crippen molar-refractivity contribution in [2.45, 2.75) is 33.3 Å². The number of hydrogen-bond acceptors (Lipinski definition) is 4. The first-order valence-electron chi connectivity index (χ1n) is 6.76. The van der Waals surface area contributed by atoms with Gasteiger partial charge in [-0.05, 0) is 20.8 Å². The number of ether oxygens (including phenoxy) is 1. The van der Waals surface area contributed by atoms with Crippen molar-refractivity contribution in [1.82, 2.24) is 15.5 Å². The molecular formula is C13H25N3O3. The molecule has 0 aromatic carbocycles. The number of amides is 2. The Morgan fingerprint density at radius 3 is 2.42 bits per heavy atom. The minimum absolute atomic E-state index is 0.0811. The van der Waals surface area contributed by atoms with E-state index in [2.05, 4.69) is 10.6 Å². The molecule has 2 amide bonds. The molecule has 0 aromatic rings. The fourth-order valence-corrected chi connectivity index (χ4v) is 1.83. The van der Waals surface area contributed by atoms with Crippen molar-refractivity contribution in [3.05, 3.63) is 0 Å². The summed E-state index contributed by atoms with van der Waals surface area (Å²) < 4.78 is 5.13. The van der Waals surface area contributed by atoms with Gasteiger partial charge in [0, 0.05) is 32.7 Å². The van der Waals surface area contributed by atoms with Gasteiger partial charge in [-0.15, -0.1) is 0 Å². The minimum atomic E-state index is -0.518. The molecule has 1 aliphatic rings. The second kappa shape index (κ2) is 6.75. The fourth-order valence-electron chi connectivity index (χ4n) is 1.83. The van der Waals surface area contributed by atoms with Crippen LogP contribution in [0.1, 0.15) is 27.7 Å². The molecule has 1 fully saturated rings. The zero-order valence-corrected chi connectivity index (χ0v) is 12.3. The molecule has 1 aliphatic heterocycles. The molecule has 1 atom stereocenters. The standard InChI is InChI=1S/C13H25N3O3/c1-10(9-15-12(18)19-13(2,3)4)11(17)16-7-5-14-6-8-16/h10,14H,5-9H2,1-4H3,(H,15,18). The molecule has 0 bridgehead atoms. The summed E-state index contributed by atoms with van der Waals surface area (Å²) in [6.07, 6.45) is -0.479. The zero-order chi connectivity index (χ0) is 14.5. The zero-order valence-electron chi connectivity index (χ0n) is 12.3. The van der Waals surface area contributed by atoms with Crippen molar-refractivity contribution in [2.75, 3.05) is 32.7 Å². The monoisotopic (exact) mass is 271 g/mol. The smallest absolute Gasteiger partial charge is 0.407 e. The van der Waals surface area contributed by atoms with Crippen molar-refractivity contribution in [3.63, 3.8) is 0 Å². The van der Waals surface area contributed by atoms with Gasteiger partial charge in [0.25, 0.3) is 0 Å². The lowest BCUT2D eigenvalue weighted by Crippen LogP contribution is -2.49. The number of nitrogens with zero attached hydrogens (tertiary/aromatic N) is 1. The number of alkyl carbamates (subject to hydrolysis) is 1. The van der Waals surface area contributed by atoms with Gasteiger partial charge >= 0.3 is 6.09 Å². The maximum Gasteiger partial charge on any atom is 0.407 e. The van der Waals surface area contributed by atoms with Crippen molar-refractivity contribution in [1.29, 1.82) is 0 Å². The molecule has 0 spiro atoms. The number of hydrogen-bond donors (Lipinski definition) is 2. The molecule has 2 N–H and O–H groups in total. The average molecular weight is 271 g/mol. The Labute approximate surface area is 114 Å². The molecule has 1 rings (SSSR count). The summed E-state index contributed by atoms with van der Waals surface area (Å²) in [6.45, 7) is 10.7. The van der Waals surface area contributed by atoms with E-state index in [1.807, 2.05) is 32.6 Å². The number of rotatable bonds is 3. The lowest BCUT2D eigenvalue weighted by atomic mass is 10.1. The number of carbonyl (C=O) groups is 2. The summed E-state index contributed by atoms with van der Waals surface area (Å²) >= 11 is 0. The Morgan fingerprint density at radius 2 is 1.89 bits per heavy atom. The van der Waals surface area contributed by atoms with E-state index in [4.69, 9.17) is 4.74 Å². The first kappa shape index (κ1) is 15.8. The van der Waals surface area contributed by atoms with E-state index in [0.717, 1.165) is 26.2 Å². The Hall–Kier alpha value is -1.30. The van der Waals surface area contributed by atoms with Gasteiger partial charge in [0.15, 0.2) is 0 Å². The van der Waals surface area contributed by atoms with Gasteiger partial charge in [-0.1, -0.05) is 6.92 Å². The second-order valence-electron chi connectivity index (χ2n) is 5.86. The first-order valence-corrected chi connectivity index (χ1v) is 6.76. The highest BCUT2D eigenvalue weighted by molar-refractivity contribution is 5.79. The number of piperazine rings is 1. The third kappa shape index (κ3) is 5.92. The van der Waals surface area contributed by atoms with Gasteiger partial charge in [-0.3, -0.25) is 4.79 Å². The predicted molar refractivity (Wildman–Crippen MR) is 72.9 cm³/mol. The van der Waals surface area contributed by atoms with Crippen molar-refractivity contribution in [2.24, 2.45) is 5.92 Å². The number of nitrogens with one attached hydrogen (secondary N) is 2. The van der Waals surface area contributed by atoms with Crippen LogP contribution in [0.4, 0.5) is 4.79 Å². The van der Waals surface area contributed by atoms with E-state index in [9.17, 15) is 9.59 Å². The summed E-state index contributed by atoms with van der Waals surface area (Å²) in [5.41, 5.74) is -0.518. The normalized spacial score (nSPS) is 17.8. The maximum absolute atomic E-state index is 12.1. The third-order valence-corrected chi connectivity index (χ3v) is 2.80. The molecule has 6 heteroatoms. The van der Waals surface area contributed by atoms with E-state index in [1.54, 1.807) is 0 Å². The van der Waals surface area contributed by atoms with Crippen molar-refractivity contribution in [3.8, 4) is 0 Å². The molecule has 0 aliphatic carbocycles. The third-order valence-electron chi connectivity index (χ3n) is 2.80. The van der Waals surface area contributed by atoms with Crippen LogP contribution < -0.4 is 10.6 Å². The molecule has 19 heavy (non-hydrogen) atoms. The van der Waals surface area contributed by atoms with Gasteiger partial charge in [-0.25, -0.2) is 4.79 Å². The van der Waals surface area contributed by atoms with Crippen LogP contribution in [0.3, 0.4) is 0 Å². The number of carbonyl (C=O) groups excluding carboxylic acids is 2. The molecule has 0 aromatic heterocycles. The van der Waals surface area contributed by atoms with Crippen LogP contribution in [0, 0.1) is 5.92 Å². The van der Waals surface area contributed by atoms with E-state index < -0.39 is 11.7 Å². The minimum Gasteiger partial charge on any atom is -0.444 e. The van der Waals surface area contributed by atoms with Gasteiger partial charge in [0.05, 0.1) is 5.92 Å². The van der Waals surface area contributed by atoms with Crippen LogP contribution in [-0.4, -0.2) is 55.2 Å². The predicted octanol–water partition coefficient (Wildman–Crippen LogP) is 0.579. The highest BCUT2D eigenvalue weighted by Crippen LogP contribution is 2.07. The first-order chi connectivity index (χ1) is 8.79. The highest BCUT2D eigenvalue weighted by atomic mass is 16.6. The highest BCUT2D eigenvalue weighted by Gasteiger charge is 2.23. The fraction of sp³-hybridized carbons (Fsp3) is 0.846. The van der Waals surface area contributed by atoms with E-state index in [0.29, 0.717) is 6.54 Å². The Balaban J connectivity index is 2.31. The SMILES string of the molecule is CC(CNC(=O)OC(C)(C)C)C(=O)N1CCNCC1. The van der Waals surface area contributed by atoms with Crippen LogP contribution in [0.5, 0.6) is 0 Å². The van der Waals surface area contributed by atoms with Gasteiger partial charge in [-0.2, -0.15) is 0 Å². The van der Waals surface area contributed by atoms with Crippen molar-refractivity contribution >= 4 is 12.0 Å². The second-order valence-corrected chi connectivity index (χ2v) is 5.86. The van der Waals surface area contributed by atoms with Crippen LogP contribution in [-0.2, 0) is 9.53 Å². The van der Waals surface area contributed by atoms with E-state index >= 15 is 0 Å². The topological polar surface area (TPSA) is 70.7 Å². The molecule has 0 radical (unpaired) electrons. The van der Waals surface area contributed by atoms with Crippen molar-refractivity contribution < 1.29 is 14.3 Å². The Bertz CT molecular complexity index is 320. The van der Waals surface area contributed by atoms with Gasteiger partial charge in [0.1, 0.15) is 5.60 Å². The summed E-state index contributed by atoms with van der Waals surface area (Å²) in [5, 5.41) is 5.84. The summed E-state index contributed by atoms with van der Waals surface area (Å²) in [5.74, 6) is -0.150. The molecule has 1 heterocycles. The van der Waals surface area contributed by atoms with Crippen LogP contribution in [0.15, 0.2) is 0 Å². The molecule has 1 saturated heterocycles. The summed E-state index contributed by atoms with van der Waals surface area (Å²) in [7, 11) is 0. The van der Waals surface area contributed by atoms with Gasteiger partial charge < -0.3 is 20.3 Å². The van der Waals surface area contributed by atoms with Crippen LogP contribution in [0.25, 0.3) is 0 Å². The summed E-state index contributed by atoms with van der Waals surface area (Å²) in [4.78, 5) is 25.4. The molecule has 110 valence electrons. The molecule has 0 saturated carbocycles. The van der Waals surface area contributed by atoms with Crippen LogP contribution >= 0.6 is 0 Å². The van der Waals surface area contributed by atoms with Crippen LogP contribution in [0.2, 0.25) is 0 Å². The van der Waals surface area contributed by atoms with Gasteiger partial charge in [0.2, 0.25) is 5.91 Å². The largest absolute Gasteiger partial charge is 0.444 e. The molecular weight excluding hydrogens is 246 g/mol.